The number of rotatable bonds is 27. The zero-order valence-corrected chi connectivity index (χ0v) is 57.5. The second kappa shape index (κ2) is 31.3. The number of hydrogen-bond donors (Lipinski definition) is 12. The monoisotopic (exact) mass is 1340 g/mol. The van der Waals surface area contributed by atoms with E-state index in [4.69, 9.17) is 37.9 Å². The number of amides is 1. The van der Waals surface area contributed by atoms with E-state index < -0.39 is 174 Å². The van der Waals surface area contributed by atoms with Crippen LogP contribution in [0.4, 0.5) is 0 Å². The summed E-state index contributed by atoms with van der Waals surface area (Å²) in [5.74, 6) is -2.21. The van der Waals surface area contributed by atoms with Gasteiger partial charge in [0.15, 0.2) is 31.1 Å². The maximum Gasteiger partial charge on any atom is 0.317 e. The molecule has 0 aromatic carbocycles. The second-order valence-electron chi connectivity index (χ2n) is 31.9. The first-order chi connectivity index (χ1) is 44.5. The number of hydrogen-bond acceptors (Lipinski definition) is 22. The Morgan fingerprint density at radius 2 is 1.14 bits per heavy atom. The summed E-state index contributed by atoms with van der Waals surface area (Å²) < 4.78 is 48.4. The lowest BCUT2D eigenvalue weighted by Crippen LogP contribution is -2.69. The van der Waals surface area contributed by atoms with Crippen LogP contribution in [0, 0.1) is 50.2 Å². The van der Waals surface area contributed by atoms with Gasteiger partial charge in [0, 0.05) is 6.54 Å². The van der Waals surface area contributed by atoms with Gasteiger partial charge in [0.1, 0.15) is 78.8 Å². The minimum atomic E-state index is -1.90. The molecule has 0 radical (unpaired) electrons. The Kier molecular flexibility index (Phi) is 25.2. The maximum absolute atomic E-state index is 15.6. The molecule has 8 fully saturated rings. The fourth-order valence-electron chi connectivity index (χ4n) is 19.1. The molecular formula is C71H119NO22. The van der Waals surface area contributed by atoms with Gasteiger partial charge in [0.2, 0.25) is 6.29 Å². The molecule has 540 valence electrons. The molecule has 23 heteroatoms. The van der Waals surface area contributed by atoms with E-state index in [2.05, 4.69) is 52.9 Å². The molecule has 0 aromatic rings. The lowest BCUT2D eigenvalue weighted by Gasteiger charge is -2.71. The molecule has 12 N–H and O–H groups in total. The summed E-state index contributed by atoms with van der Waals surface area (Å²) >= 11 is 0. The molecule has 23 nitrogen and oxygen atoms in total. The van der Waals surface area contributed by atoms with Gasteiger partial charge in [-0.05, 0) is 117 Å². The number of carbonyl (C=O) groups excluding carboxylic acids is 3. The fraction of sp³-hybridized carbons (Fsp3) is 0.930. The van der Waals surface area contributed by atoms with Gasteiger partial charge < -0.3 is 104 Å². The Labute approximate surface area is 556 Å². The molecule has 29 atom stereocenters. The summed E-state index contributed by atoms with van der Waals surface area (Å²) in [6.45, 7) is 18.1. The Bertz CT molecular complexity index is 2530. The third-order valence-corrected chi connectivity index (χ3v) is 25.3. The van der Waals surface area contributed by atoms with Gasteiger partial charge in [-0.3, -0.25) is 9.59 Å². The van der Waals surface area contributed by atoms with Gasteiger partial charge in [0.05, 0.1) is 36.4 Å². The molecule has 94 heavy (non-hydrogen) atoms. The minimum Gasteiger partial charge on any atom is -0.432 e. The van der Waals surface area contributed by atoms with Crippen molar-refractivity contribution in [2.24, 2.45) is 50.2 Å². The van der Waals surface area contributed by atoms with Crippen molar-refractivity contribution in [3.05, 3.63) is 11.6 Å². The number of nitrogens with one attached hydrogen (secondary N) is 1. The normalized spacial score (nSPS) is 46.8. The van der Waals surface area contributed by atoms with Gasteiger partial charge in [-0.25, -0.2) is 0 Å². The molecule has 0 aromatic heterocycles. The minimum absolute atomic E-state index is 0.0237. The van der Waals surface area contributed by atoms with Crippen molar-refractivity contribution >= 4 is 18.2 Å². The van der Waals surface area contributed by atoms with E-state index >= 15 is 4.79 Å². The molecule has 0 spiro atoms. The molecular weight excluding hydrogens is 1220 g/mol. The van der Waals surface area contributed by atoms with Crippen LogP contribution in [-0.2, 0) is 52.3 Å². The predicted octanol–water partition coefficient (Wildman–Crippen LogP) is 5.19. The van der Waals surface area contributed by atoms with E-state index in [-0.39, 0.29) is 36.7 Å². The van der Waals surface area contributed by atoms with E-state index in [1.165, 1.54) is 90.9 Å². The molecule has 11 unspecified atom stereocenters. The molecule has 1 amide bonds. The highest BCUT2D eigenvalue weighted by atomic mass is 16.8. The quantitative estimate of drug-likeness (QED) is 0.0165. The lowest BCUT2D eigenvalue weighted by molar-refractivity contribution is -0.373. The molecule has 0 bridgehead atoms. The highest BCUT2D eigenvalue weighted by Crippen LogP contribution is 2.76. The summed E-state index contributed by atoms with van der Waals surface area (Å²) in [5.41, 5.74) is -3.50. The Hall–Kier alpha value is -2.37. The van der Waals surface area contributed by atoms with Crippen molar-refractivity contribution in [2.45, 2.75) is 352 Å². The standard InChI is InChI=1S/C71H119NO22/c1-10-11-12-13-14-15-16-17-18-19-20-21-22-23-24-25-34-72-60(85)58-52(80)50(78)55(83)63(92-58)90-47-29-30-67(6)44(68(47,7)38-73)28-31-69(8)45(67)27-26-41-42-35-66(4,5)32-33-71(42,46(75)36-70(41,69)9)65(86)94-64-59(51(79)48(76)39(2)88-64)93-62-56(84)53(81)57(40(3)89-62)91-61-54(82)49(77)43(74)37-87-61/h26,38-40,42-59,61-64,74-84H,10-25,27-37H2,1-9H3,(H,72,85)/t39?,40?,42?,43-,44-,45?,46?,47+,48+,49+,50+,51+,52+,53-,54?,55?,56?,57+,58?,59?,61+,62+,63-,64+,67?,68-,69+,70-,71-/m1/s1. The number of aliphatic hydroxyl groups excluding tert-OH is 11. The van der Waals surface area contributed by atoms with Crippen molar-refractivity contribution in [2.75, 3.05) is 13.2 Å². The SMILES string of the molecule is CCCCCCCCCCCCCCCCCCNC(=O)C1O[C@@H](O[C@H]2CCC3(C)C4CC=C5C6CC(C)(C)CC[C@]6(C(=O)O[C@@H]6OC(C)[C@H](O)[C@H](O)C6O[C@@H]6OC(C)[C@H](O[C@@H]7OC[C@@H](O)[C@H](O)C7O)[C@H](O)C6O)C(O)C[C@@]5(C)[C@@]4(C)CC[C@H]3[C@@]2(C)C=O)C(O)[C@@H](O)[C@@H]1O. The van der Waals surface area contributed by atoms with Crippen LogP contribution in [0.5, 0.6) is 0 Å². The number of ether oxygens (including phenoxy) is 8. The molecule has 9 aliphatic rings. The van der Waals surface area contributed by atoms with Crippen molar-refractivity contribution in [3.63, 3.8) is 0 Å². The first-order valence-electron chi connectivity index (χ1n) is 36.1. The first-order valence-corrected chi connectivity index (χ1v) is 36.1. The van der Waals surface area contributed by atoms with E-state index in [0.717, 1.165) is 37.5 Å². The fourth-order valence-corrected chi connectivity index (χ4v) is 19.1. The summed E-state index contributed by atoms with van der Waals surface area (Å²) in [6, 6.07) is 0. The summed E-state index contributed by atoms with van der Waals surface area (Å²) in [4.78, 5) is 43.0. The van der Waals surface area contributed by atoms with Gasteiger partial charge >= 0.3 is 5.97 Å². The van der Waals surface area contributed by atoms with Crippen LogP contribution >= 0.6 is 0 Å². The van der Waals surface area contributed by atoms with Gasteiger partial charge in [0.25, 0.3) is 5.91 Å². The summed E-state index contributed by atoms with van der Waals surface area (Å²) in [5, 5.41) is 126. The zero-order valence-electron chi connectivity index (χ0n) is 57.5. The summed E-state index contributed by atoms with van der Waals surface area (Å²) in [7, 11) is 0. The topological polar surface area (TPSA) is 360 Å². The zero-order chi connectivity index (χ0) is 68.5. The number of aliphatic hydroxyl groups is 11. The number of allylic oxidation sites excluding steroid dienone is 2. The lowest BCUT2D eigenvalue weighted by atomic mass is 9.33. The van der Waals surface area contributed by atoms with E-state index in [1.54, 1.807) is 0 Å². The number of unbranched alkanes of at least 4 members (excludes halogenated alkanes) is 15. The van der Waals surface area contributed by atoms with Gasteiger partial charge in [-0.15, -0.1) is 0 Å². The van der Waals surface area contributed by atoms with Crippen LogP contribution in [0.25, 0.3) is 0 Å². The van der Waals surface area contributed by atoms with Crippen molar-refractivity contribution in [3.8, 4) is 0 Å². The molecule has 4 saturated heterocycles. The third kappa shape index (κ3) is 14.9. The Morgan fingerprint density at radius 1 is 0.574 bits per heavy atom. The van der Waals surface area contributed by atoms with Crippen LogP contribution in [0.3, 0.4) is 0 Å². The third-order valence-electron chi connectivity index (χ3n) is 25.3. The van der Waals surface area contributed by atoms with Crippen LogP contribution in [0.2, 0.25) is 0 Å². The average Bonchev–Trinajstić information content (AvgIpc) is 0.673. The Morgan fingerprint density at radius 3 is 1.77 bits per heavy atom. The Balaban J connectivity index is 0.838. The van der Waals surface area contributed by atoms with E-state index in [9.17, 15) is 65.8 Å². The molecule has 4 saturated carbocycles. The number of carbonyl (C=O) groups is 3. The predicted molar refractivity (Wildman–Crippen MR) is 341 cm³/mol. The number of fused-ring (bicyclic) bond motifs is 7. The average molecular weight is 1340 g/mol. The number of aldehydes is 1. The van der Waals surface area contributed by atoms with Crippen molar-refractivity contribution < 1.29 is 108 Å². The molecule has 5 aliphatic carbocycles. The molecule has 4 aliphatic heterocycles. The van der Waals surface area contributed by atoms with Crippen LogP contribution in [-0.4, -0.2) is 216 Å². The van der Waals surface area contributed by atoms with Crippen LogP contribution < -0.4 is 5.32 Å². The van der Waals surface area contributed by atoms with Gasteiger partial charge in [-0.1, -0.05) is 156 Å². The molecule has 4 heterocycles. The van der Waals surface area contributed by atoms with Gasteiger partial charge in [-0.2, -0.15) is 0 Å². The highest BCUT2D eigenvalue weighted by molar-refractivity contribution is 5.82. The first kappa shape index (κ1) is 75.8. The van der Waals surface area contributed by atoms with E-state index in [1.807, 2.05) is 6.92 Å². The largest absolute Gasteiger partial charge is 0.432 e. The molecule has 9 rings (SSSR count). The number of esters is 1. The van der Waals surface area contributed by atoms with Crippen molar-refractivity contribution in [1.82, 2.24) is 5.32 Å². The van der Waals surface area contributed by atoms with Crippen LogP contribution in [0.1, 0.15) is 223 Å². The second-order valence-corrected chi connectivity index (χ2v) is 31.9. The van der Waals surface area contributed by atoms with Crippen molar-refractivity contribution in [1.29, 1.82) is 0 Å². The summed E-state index contributed by atoms with van der Waals surface area (Å²) in [6.07, 6.45) is -5.21. The smallest absolute Gasteiger partial charge is 0.317 e. The van der Waals surface area contributed by atoms with E-state index in [0.29, 0.717) is 51.5 Å². The van der Waals surface area contributed by atoms with Crippen LogP contribution in [0.15, 0.2) is 11.6 Å². The highest BCUT2D eigenvalue weighted by Gasteiger charge is 2.73. The maximum atomic E-state index is 15.6.